The van der Waals surface area contributed by atoms with Crippen LogP contribution in [0, 0.1) is 19.8 Å². The zero-order valence-corrected chi connectivity index (χ0v) is 40.7. The quantitative estimate of drug-likeness (QED) is 0.0459. The van der Waals surface area contributed by atoms with Crippen LogP contribution in [0.1, 0.15) is 117 Å². The van der Waals surface area contributed by atoms with Crippen LogP contribution >= 0.6 is 0 Å². The van der Waals surface area contributed by atoms with E-state index in [2.05, 4.69) is 27.2 Å². The predicted molar refractivity (Wildman–Crippen MR) is 266 cm³/mol. The monoisotopic (exact) mass is 960 g/mol. The van der Waals surface area contributed by atoms with Gasteiger partial charge in [0.05, 0.1) is 48.0 Å². The van der Waals surface area contributed by atoms with E-state index in [1.54, 1.807) is 18.2 Å². The molecule has 0 unspecified atom stereocenters. The van der Waals surface area contributed by atoms with Gasteiger partial charge in [-0.3, -0.25) is 29.0 Å². The number of aliphatic carboxylic acids is 2. The van der Waals surface area contributed by atoms with E-state index in [9.17, 15) is 28.8 Å². The van der Waals surface area contributed by atoms with Gasteiger partial charge in [-0.2, -0.15) is 0 Å². The molecule has 3 aliphatic rings. The summed E-state index contributed by atoms with van der Waals surface area (Å²) in [6, 6.07) is 5.72. The molecular weight excluding hydrogens is 897 g/mol. The Bertz CT molecular complexity index is 2870. The highest BCUT2D eigenvalue weighted by Gasteiger charge is 2.53. The molecule has 1 aliphatic carbocycles. The molecule has 3 aromatic rings. The summed E-state index contributed by atoms with van der Waals surface area (Å²) in [5, 5.41) is 24.1. The van der Waals surface area contributed by atoms with Crippen molar-refractivity contribution in [1.29, 1.82) is 0 Å². The van der Waals surface area contributed by atoms with Crippen LogP contribution in [0.15, 0.2) is 48.6 Å². The number of allylic oxidation sites excluding steroid dienone is 5. The van der Waals surface area contributed by atoms with E-state index in [0.717, 1.165) is 44.4 Å². The molecule has 0 aromatic carbocycles. The van der Waals surface area contributed by atoms with Gasteiger partial charge in [0.15, 0.2) is 0 Å². The van der Waals surface area contributed by atoms with Crippen LogP contribution in [0.25, 0.3) is 44.9 Å². The van der Waals surface area contributed by atoms with Gasteiger partial charge in [-0.25, -0.2) is 9.78 Å². The highest BCUT2D eigenvalue weighted by Crippen LogP contribution is 2.52. The van der Waals surface area contributed by atoms with Gasteiger partial charge in [0.2, 0.25) is 11.8 Å². The van der Waals surface area contributed by atoms with Gasteiger partial charge in [0, 0.05) is 53.6 Å². The Balaban J connectivity index is 1.50. The first-order chi connectivity index (χ1) is 33.3. The molecule has 18 heteroatoms. The van der Waals surface area contributed by atoms with Crippen LogP contribution < -0.4 is 22.1 Å². The lowest BCUT2D eigenvalue weighted by Gasteiger charge is -2.36. The van der Waals surface area contributed by atoms with Crippen molar-refractivity contribution in [3.63, 3.8) is 0 Å². The van der Waals surface area contributed by atoms with Crippen molar-refractivity contribution in [3.8, 4) is 0 Å². The maximum Gasteiger partial charge on any atom is 0.334 e. The minimum absolute atomic E-state index is 0.110. The van der Waals surface area contributed by atoms with E-state index in [0.29, 0.717) is 104 Å². The normalized spacial score (nSPS) is 17.1. The third-order valence-electron chi connectivity index (χ3n) is 13.7. The zero-order chi connectivity index (χ0) is 51.0. The number of unbranched alkanes of at least 4 members (excludes halogenated alkanes) is 2. The molecule has 0 spiro atoms. The Kier molecular flexibility index (Phi) is 16.8. The number of ether oxygens (including phenoxy) is 2. The first-order valence-electron chi connectivity index (χ1n) is 23.5. The second-order valence-corrected chi connectivity index (χ2v) is 18.1. The number of aryl methyl sites for hydroxylation is 3. The fourth-order valence-electron chi connectivity index (χ4n) is 9.46. The number of hydrogen-bond donors (Lipinski definition) is 8. The molecular formula is C52H64N8O10. The second-order valence-electron chi connectivity index (χ2n) is 18.1. The summed E-state index contributed by atoms with van der Waals surface area (Å²) in [7, 11) is 2.53. The van der Waals surface area contributed by atoms with E-state index < -0.39 is 47.3 Å². The number of carboxylic acid groups (broad SMARTS) is 2. The molecule has 3 aromatic heterocycles. The third-order valence-corrected chi connectivity index (χ3v) is 13.7. The molecule has 372 valence electrons. The fraction of sp³-hybridized carbons (Fsp3) is 0.423. The summed E-state index contributed by atoms with van der Waals surface area (Å²) in [5.41, 5.74) is 20.9. The molecule has 18 nitrogen and oxygen atoms in total. The summed E-state index contributed by atoms with van der Waals surface area (Å²) in [6.07, 6.45) is 8.85. The number of nitrogens with two attached hydrogens (primary N) is 2. The van der Waals surface area contributed by atoms with Crippen LogP contribution in [0.5, 0.6) is 0 Å². The number of esters is 2. The van der Waals surface area contributed by atoms with E-state index >= 15 is 0 Å². The fourth-order valence-corrected chi connectivity index (χ4v) is 9.46. The van der Waals surface area contributed by atoms with Gasteiger partial charge < -0.3 is 51.8 Å². The summed E-state index contributed by atoms with van der Waals surface area (Å²) in [4.78, 5) is 93.7. The number of methoxy groups -OCH3 is 2. The lowest BCUT2D eigenvalue weighted by Crippen LogP contribution is -2.42. The molecule has 5 heterocycles. The number of nitrogens with one attached hydrogen (secondary N) is 4. The van der Waals surface area contributed by atoms with Gasteiger partial charge in [-0.15, -0.1) is 0 Å². The number of hydrogen-bond acceptors (Lipinski definition) is 12. The van der Waals surface area contributed by atoms with Crippen molar-refractivity contribution in [3.05, 3.63) is 93.6 Å². The van der Waals surface area contributed by atoms with Gasteiger partial charge in [-0.05, 0) is 137 Å². The van der Waals surface area contributed by atoms with Gasteiger partial charge in [-0.1, -0.05) is 24.8 Å². The average molecular weight is 961 g/mol. The number of fused-ring (bicyclic) bond motifs is 11. The van der Waals surface area contributed by atoms with Crippen molar-refractivity contribution < 1.29 is 48.5 Å². The number of carbonyl (C=O) groups excluding carboxylic acids is 4. The molecule has 8 bridgehead atoms. The van der Waals surface area contributed by atoms with Crippen LogP contribution in [0.2, 0.25) is 0 Å². The highest BCUT2D eigenvalue weighted by atomic mass is 16.5. The van der Waals surface area contributed by atoms with Gasteiger partial charge >= 0.3 is 23.9 Å². The lowest BCUT2D eigenvalue weighted by molar-refractivity contribution is -0.149. The summed E-state index contributed by atoms with van der Waals surface area (Å²) < 4.78 is 10.5. The molecule has 0 fully saturated rings. The van der Waals surface area contributed by atoms with Crippen LogP contribution in [0.3, 0.4) is 0 Å². The Morgan fingerprint density at radius 1 is 0.757 bits per heavy atom. The highest BCUT2D eigenvalue weighted by molar-refractivity contribution is 6.02. The van der Waals surface area contributed by atoms with Crippen LogP contribution in [0.4, 0.5) is 0 Å². The van der Waals surface area contributed by atoms with E-state index in [-0.39, 0.29) is 30.2 Å². The number of nitrogens with zero attached hydrogens (tertiary/aromatic N) is 2. The van der Waals surface area contributed by atoms with E-state index in [1.165, 1.54) is 14.2 Å². The van der Waals surface area contributed by atoms with Crippen molar-refractivity contribution >= 4 is 80.6 Å². The number of amides is 2. The number of rotatable bonds is 21. The molecule has 2 amide bonds. The van der Waals surface area contributed by atoms with Crippen LogP contribution in [-0.2, 0) is 50.1 Å². The smallest absolute Gasteiger partial charge is 0.334 e. The first-order valence-corrected chi connectivity index (χ1v) is 23.5. The number of carbonyl (C=O) groups is 6. The largest absolute Gasteiger partial charge is 0.480 e. The summed E-state index contributed by atoms with van der Waals surface area (Å²) >= 11 is 0. The van der Waals surface area contributed by atoms with Crippen molar-refractivity contribution in [2.24, 2.45) is 17.4 Å². The Hall–Kier alpha value is -7.18. The first kappa shape index (κ1) is 52.2. The standard InChI is InChI=1S/C52H64N8O10/c1-8-30-27(2)38-24-43-34-18-15-33(50(67)69-6)47(51(68)70-7)52(34,5)44(60-43)26-39-29(4)32(17-20-46(62)56-22-12-10-14-36(54)49(65)66)42(59-39)25-41-31(28(3)37(58-41)23-40(30)57-38)16-19-45(61)55-21-11-9-13-35(53)48(63)64/h8,15,18,23-26,35-36,47,57,59H,1,9-14,16-17,19-22,53-54H2,2-7H3,(H,55,61)(H,56,62)(H,63,64)(H,65,66)/t35-,36-,47-,52+/m0/s1. The maximum absolute atomic E-state index is 13.9. The minimum atomic E-state index is -1.23. The van der Waals surface area contributed by atoms with E-state index in [4.69, 9.17) is 41.1 Å². The second kappa shape index (κ2) is 22.5. The molecule has 0 saturated carbocycles. The van der Waals surface area contributed by atoms with Gasteiger partial charge in [0.25, 0.3) is 0 Å². The van der Waals surface area contributed by atoms with Gasteiger partial charge in [0.1, 0.15) is 18.0 Å². The molecule has 10 N–H and O–H groups in total. The van der Waals surface area contributed by atoms with Crippen LogP contribution in [-0.4, -0.2) is 105 Å². The number of aromatic amines is 2. The average Bonchev–Trinajstić information content (AvgIpc) is 3.99. The molecule has 0 saturated heterocycles. The molecule has 4 atom stereocenters. The zero-order valence-electron chi connectivity index (χ0n) is 40.7. The Morgan fingerprint density at radius 2 is 1.33 bits per heavy atom. The molecule has 2 aliphatic heterocycles. The molecule has 0 radical (unpaired) electrons. The Labute approximate surface area is 406 Å². The molecule has 6 rings (SSSR count). The molecule has 70 heavy (non-hydrogen) atoms. The topological polar surface area (TPSA) is 295 Å². The SMILES string of the molecule is C=Cc1c(C)c2cc3nc(cc4[nH]c(cc5nc(cc1[nH]2)C(C)=C5CCC(=O)NCCCC[C@H](N)C(=O)O)c(CCC(=O)NCCCC[C@H](N)C(=O)O)c4C)[C@@]1(C)C3=CC=C(C(=O)OC)[C@H]1C(=O)OC. The van der Waals surface area contributed by atoms with Crippen molar-refractivity contribution in [2.75, 3.05) is 27.3 Å². The number of H-pyrrole nitrogens is 2. The number of aromatic nitrogens is 4. The van der Waals surface area contributed by atoms with Crippen molar-refractivity contribution in [1.82, 2.24) is 30.6 Å². The van der Waals surface area contributed by atoms with E-state index in [1.807, 2.05) is 52.0 Å². The number of carboxylic acids is 2. The van der Waals surface area contributed by atoms with Crippen molar-refractivity contribution in [2.45, 2.75) is 109 Å². The minimum Gasteiger partial charge on any atom is -0.480 e. The summed E-state index contributed by atoms with van der Waals surface area (Å²) in [5.74, 6) is -4.98. The Morgan fingerprint density at radius 3 is 1.91 bits per heavy atom. The third kappa shape index (κ3) is 11.1. The maximum atomic E-state index is 13.9. The summed E-state index contributed by atoms with van der Waals surface area (Å²) in [6.45, 7) is 12.6. The lowest BCUT2D eigenvalue weighted by atomic mass is 9.64. The predicted octanol–water partition coefficient (Wildman–Crippen LogP) is 5.86.